The van der Waals surface area contributed by atoms with E-state index in [9.17, 15) is 0 Å². The number of thiazole rings is 1. The average molecular weight is 696 g/mol. The summed E-state index contributed by atoms with van der Waals surface area (Å²) in [5.74, 6) is 0. The number of pyridine rings is 2. The van der Waals surface area contributed by atoms with E-state index < -0.39 is 13.7 Å². The molecule has 1 radical (unpaired) electrons. The van der Waals surface area contributed by atoms with Crippen LogP contribution in [0.1, 0.15) is 24.4 Å². The molecule has 0 fully saturated rings. The summed E-state index contributed by atoms with van der Waals surface area (Å²) in [6, 6.07) is 28.7. The van der Waals surface area contributed by atoms with E-state index in [1.54, 1.807) is 23.6 Å². The summed E-state index contributed by atoms with van der Waals surface area (Å²) in [5, 5.41) is 2.72. The van der Waals surface area contributed by atoms with Gasteiger partial charge >= 0.3 is 0 Å². The SMILES string of the molecule is [2H]C([2H])([2H])c1cnc(-c2[c-]ccc3c2oc2cc4nc(C)sc4cc23)cc1C([2H])([2H])[2H].[Ir].[c-]1ccccc1-c1ccccn1. The predicted molar refractivity (Wildman–Crippen MR) is 152 cm³/mol. The van der Waals surface area contributed by atoms with Crippen molar-refractivity contribution in [1.82, 2.24) is 15.0 Å². The van der Waals surface area contributed by atoms with Crippen molar-refractivity contribution >= 4 is 43.5 Å². The van der Waals surface area contributed by atoms with Crippen LogP contribution in [0.15, 0.2) is 89.6 Å². The Morgan fingerprint density at radius 1 is 0.868 bits per heavy atom. The Morgan fingerprint density at radius 2 is 1.76 bits per heavy atom. The van der Waals surface area contributed by atoms with Crippen LogP contribution in [-0.4, -0.2) is 15.0 Å². The van der Waals surface area contributed by atoms with Gasteiger partial charge in [0.25, 0.3) is 0 Å². The van der Waals surface area contributed by atoms with E-state index in [0.29, 0.717) is 22.4 Å². The molecule has 189 valence electrons. The van der Waals surface area contributed by atoms with Crippen LogP contribution in [0.5, 0.6) is 0 Å². The van der Waals surface area contributed by atoms with Gasteiger partial charge in [0.2, 0.25) is 0 Å². The van der Waals surface area contributed by atoms with Gasteiger partial charge < -0.3 is 14.4 Å². The first-order valence-corrected chi connectivity index (χ1v) is 12.3. The van der Waals surface area contributed by atoms with Crippen molar-refractivity contribution < 1.29 is 32.7 Å². The maximum atomic E-state index is 7.80. The summed E-state index contributed by atoms with van der Waals surface area (Å²) in [4.78, 5) is 13.0. The Labute approximate surface area is 247 Å². The van der Waals surface area contributed by atoms with Crippen LogP contribution in [0.3, 0.4) is 0 Å². The van der Waals surface area contributed by atoms with E-state index in [0.717, 1.165) is 43.5 Å². The summed E-state index contributed by atoms with van der Waals surface area (Å²) in [6.45, 7) is -3.23. The maximum absolute atomic E-state index is 7.80. The molecule has 0 spiro atoms. The Hall–Kier alpha value is -3.70. The first-order valence-electron chi connectivity index (χ1n) is 14.5. The number of hydrogen-bond donors (Lipinski definition) is 0. The van der Waals surface area contributed by atoms with Crippen LogP contribution < -0.4 is 0 Å². The van der Waals surface area contributed by atoms with Crippen LogP contribution in [0, 0.1) is 32.8 Å². The van der Waals surface area contributed by atoms with Crippen molar-refractivity contribution in [2.45, 2.75) is 20.6 Å². The van der Waals surface area contributed by atoms with Gasteiger partial charge in [-0.3, -0.25) is 0 Å². The Bertz CT molecular complexity index is 2040. The number of benzene rings is 3. The van der Waals surface area contributed by atoms with Crippen molar-refractivity contribution in [3.8, 4) is 22.5 Å². The first-order chi connectivity index (χ1) is 20.5. The van der Waals surface area contributed by atoms with Gasteiger partial charge in [-0.05, 0) is 49.7 Å². The van der Waals surface area contributed by atoms with Gasteiger partial charge in [0, 0.05) is 52.2 Å². The van der Waals surface area contributed by atoms with Gasteiger partial charge in [0.1, 0.15) is 5.58 Å². The molecule has 0 atom stereocenters. The molecule has 0 aliphatic rings. The van der Waals surface area contributed by atoms with E-state index in [-0.39, 0.29) is 31.2 Å². The summed E-state index contributed by atoms with van der Waals surface area (Å²) in [7, 11) is 0. The fourth-order valence-electron chi connectivity index (χ4n) is 4.13. The molecule has 0 unspecified atom stereocenters. The van der Waals surface area contributed by atoms with Crippen molar-refractivity contribution in [3.05, 3.63) is 113 Å². The molecule has 4 heterocycles. The molecule has 6 heteroatoms. The van der Waals surface area contributed by atoms with Gasteiger partial charge in [0.15, 0.2) is 0 Å². The average Bonchev–Trinajstić information content (AvgIpc) is 3.54. The summed E-state index contributed by atoms with van der Waals surface area (Å²) < 4.78 is 53.5. The third-order valence-corrected chi connectivity index (χ3v) is 6.79. The van der Waals surface area contributed by atoms with Gasteiger partial charge in [-0.15, -0.1) is 65.4 Å². The smallest absolute Gasteiger partial charge is 0.123 e. The van der Waals surface area contributed by atoms with Crippen LogP contribution >= 0.6 is 11.3 Å². The van der Waals surface area contributed by atoms with Gasteiger partial charge in [-0.25, -0.2) is 4.98 Å². The minimum atomic E-state index is -2.60. The maximum Gasteiger partial charge on any atom is 0.123 e. The molecule has 38 heavy (non-hydrogen) atoms. The molecule has 4 nitrogen and oxygen atoms in total. The number of aryl methyl sites for hydroxylation is 3. The van der Waals surface area contributed by atoms with Gasteiger partial charge in [0.05, 0.1) is 20.8 Å². The summed E-state index contributed by atoms with van der Waals surface area (Å²) in [5.41, 5.74) is 4.26. The third-order valence-electron chi connectivity index (χ3n) is 5.86. The van der Waals surface area contributed by atoms with Crippen molar-refractivity contribution in [1.29, 1.82) is 0 Å². The fourth-order valence-corrected chi connectivity index (χ4v) is 4.98. The van der Waals surface area contributed by atoms with Crippen LogP contribution in [0.4, 0.5) is 0 Å². The second-order valence-electron chi connectivity index (χ2n) is 8.35. The molecule has 7 rings (SSSR count). The number of furan rings is 1. The zero-order valence-corrected chi connectivity index (χ0v) is 23.3. The molecule has 0 aliphatic heterocycles. The standard InChI is InChI=1S/C21H15N2OS.C11H8N.Ir/c1-11-7-17(22-10-12(11)2)15-6-4-5-14-16-8-20-18(23-13(3)25-20)9-19(16)24-21(14)15;1-2-6-10(7-3-1)11-8-4-5-9-12-11;/h4-5,7-10H,1-3H3;1-6,8-9H;/q2*-1;/i1D3,2D3;;. The quantitative estimate of drug-likeness (QED) is 0.170. The normalized spacial score (nSPS) is 13.8. The zero-order valence-electron chi connectivity index (χ0n) is 26.1. The second kappa shape index (κ2) is 11.0. The third kappa shape index (κ3) is 5.03. The van der Waals surface area contributed by atoms with Gasteiger partial charge in [-0.1, -0.05) is 34.7 Å². The molecule has 0 amide bonds. The van der Waals surface area contributed by atoms with E-state index in [4.69, 9.17) is 12.6 Å². The van der Waals surface area contributed by atoms with E-state index in [2.05, 4.69) is 27.1 Å². The molecular weight excluding hydrogens is 667 g/mol. The minimum Gasteiger partial charge on any atom is -0.501 e. The number of aromatic nitrogens is 3. The number of hydrogen-bond acceptors (Lipinski definition) is 5. The predicted octanol–water partition coefficient (Wildman–Crippen LogP) is 8.53. The molecule has 0 aliphatic carbocycles. The summed E-state index contributed by atoms with van der Waals surface area (Å²) >= 11 is 1.60. The van der Waals surface area contributed by atoms with Crippen LogP contribution in [0.2, 0.25) is 0 Å². The minimum absolute atomic E-state index is 0. The second-order valence-corrected chi connectivity index (χ2v) is 9.59. The summed E-state index contributed by atoms with van der Waals surface area (Å²) in [6.07, 6.45) is 2.90. The molecule has 3 aromatic carbocycles. The van der Waals surface area contributed by atoms with E-state index in [1.165, 1.54) is 6.07 Å². The Kier molecular flexibility index (Phi) is 5.59. The topological polar surface area (TPSA) is 51.8 Å². The monoisotopic (exact) mass is 696 g/mol. The van der Waals surface area contributed by atoms with Gasteiger partial charge in [-0.2, -0.15) is 0 Å². The van der Waals surface area contributed by atoms with Crippen molar-refractivity contribution in [2.75, 3.05) is 0 Å². The van der Waals surface area contributed by atoms with Crippen molar-refractivity contribution in [2.24, 2.45) is 0 Å². The van der Waals surface area contributed by atoms with E-state index in [1.807, 2.05) is 67.6 Å². The zero-order chi connectivity index (χ0) is 30.4. The number of fused-ring (bicyclic) bond motifs is 4. The number of rotatable bonds is 2. The molecule has 0 N–H and O–H groups in total. The van der Waals surface area contributed by atoms with Crippen molar-refractivity contribution in [3.63, 3.8) is 0 Å². The largest absolute Gasteiger partial charge is 0.501 e. The molecule has 0 saturated carbocycles. The molecular formula is C32H23IrN3OS-2. The Morgan fingerprint density at radius 3 is 2.55 bits per heavy atom. The molecule has 0 saturated heterocycles. The first kappa shape index (κ1) is 19.4. The fraction of sp³-hybridized carbons (Fsp3) is 0.0938. The van der Waals surface area contributed by atoms with Crippen LogP contribution in [-0.2, 0) is 20.1 Å². The Balaban J connectivity index is 0.000000248. The van der Waals surface area contributed by atoms with Crippen LogP contribution in [0.25, 0.3) is 54.7 Å². The van der Waals surface area contributed by atoms with E-state index >= 15 is 0 Å². The molecule has 0 bridgehead atoms. The number of nitrogens with zero attached hydrogens (tertiary/aromatic N) is 3. The molecule has 4 aromatic heterocycles. The molecule has 7 aromatic rings.